The SMILES string of the molecule is CC(=O)Nc1ccc(S(=O)(=O)N=[N+]=[N-])cc1.CCO.CCO.CCOC(=O)C(=[N+]=[N-])P(=O)(OCC)OCC.CCOC(=O)CC. The molecule has 258 valence electrons. The highest BCUT2D eigenvalue weighted by Gasteiger charge is 2.46. The van der Waals surface area contributed by atoms with E-state index in [1.54, 1.807) is 48.5 Å². The number of hydrogen-bond donors (Lipinski definition) is 3. The highest BCUT2D eigenvalue weighted by atomic mass is 32.2. The number of anilines is 1. The summed E-state index contributed by atoms with van der Waals surface area (Å²) in [6.45, 7) is 14.2. The number of aliphatic hydroxyl groups is 2. The van der Waals surface area contributed by atoms with E-state index in [1.165, 1.54) is 31.2 Å². The van der Waals surface area contributed by atoms with Crippen molar-refractivity contribution in [1.29, 1.82) is 0 Å². The van der Waals surface area contributed by atoms with Crippen molar-refractivity contribution in [3.05, 3.63) is 40.2 Å². The quantitative estimate of drug-likeness (QED) is 0.0702. The maximum atomic E-state index is 12.0. The molecule has 0 heterocycles. The van der Waals surface area contributed by atoms with E-state index in [9.17, 15) is 27.4 Å². The van der Waals surface area contributed by atoms with Crippen molar-refractivity contribution in [2.24, 2.45) is 4.52 Å². The highest BCUT2D eigenvalue weighted by molar-refractivity contribution is 7.90. The number of ether oxygens (including phenoxy) is 2. The third-order valence-electron chi connectivity index (χ3n) is 3.62. The van der Waals surface area contributed by atoms with Crippen molar-refractivity contribution in [3.63, 3.8) is 0 Å². The lowest BCUT2D eigenvalue weighted by atomic mass is 10.3. The number of sulfonamides is 1. The largest absolute Gasteiger partial charge is 0.484 e. The van der Waals surface area contributed by atoms with Crippen molar-refractivity contribution in [2.75, 3.05) is 45.0 Å². The summed E-state index contributed by atoms with van der Waals surface area (Å²) in [5, 5.41) is 17.6. The number of rotatable bonds is 12. The molecule has 0 aliphatic rings. The minimum absolute atomic E-state index is 0.0513. The van der Waals surface area contributed by atoms with Gasteiger partial charge in [-0.1, -0.05) is 6.92 Å². The van der Waals surface area contributed by atoms with Crippen molar-refractivity contribution in [3.8, 4) is 0 Å². The van der Waals surface area contributed by atoms with E-state index >= 15 is 0 Å². The van der Waals surface area contributed by atoms with Crippen LogP contribution in [-0.4, -0.2) is 86.4 Å². The van der Waals surface area contributed by atoms with Crippen LogP contribution in [-0.2, 0) is 47.5 Å². The van der Waals surface area contributed by atoms with Gasteiger partial charge in [-0.2, -0.15) is 0 Å². The molecule has 20 heteroatoms. The molecule has 0 atom stereocenters. The summed E-state index contributed by atoms with van der Waals surface area (Å²) >= 11 is 0. The second-order valence-electron chi connectivity index (χ2n) is 7.12. The Kier molecular flexibility index (Phi) is 32.6. The van der Waals surface area contributed by atoms with Gasteiger partial charge in [0.2, 0.25) is 5.91 Å². The molecule has 0 saturated carbocycles. The second-order valence-corrected chi connectivity index (χ2v) is 10.6. The summed E-state index contributed by atoms with van der Waals surface area (Å²) in [6.07, 6.45) is 0.480. The number of nitrogens with zero attached hydrogens (tertiary/aromatic N) is 5. The number of benzene rings is 1. The molecule has 1 rings (SSSR count). The van der Waals surface area contributed by atoms with Crippen molar-refractivity contribution in [1.82, 2.24) is 0 Å². The Morgan fingerprint density at radius 2 is 1.31 bits per heavy atom. The number of aliphatic hydroxyl groups excluding tert-OH is 2. The van der Waals surface area contributed by atoms with Crippen LogP contribution in [0.5, 0.6) is 0 Å². The van der Waals surface area contributed by atoms with Gasteiger partial charge in [0.15, 0.2) is 0 Å². The van der Waals surface area contributed by atoms with Crippen LogP contribution in [0.25, 0.3) is 16.0 Å². The van der Waals surface area contributed by atoms with Crippen LogP contribution in [0.3, 0.4) is 0 Å². The summed E-state index contributed by atoms with van der Waals surface area (Å²) < 4.78 is 56.0. The summed E-state index contributed by atoms with van der Waals surface area (Å²) in [4.78, 5) is 37.0. The highest BCUT2D eigenvalue weighted by Crippen LogP contribution is 2.49. The fraction of sp³-hybridized carbons (Fsp3) is 0.600. The molecule has 1 amide bonds. The van der Waals surface area contributed by atoms with Gasteiger partial charge in [0, 0.05) is 41.7 Å². The number of carbonyl (C=O) groups excluding carboxylic acids is 3. The van der Waals surface area contributed by atoms with Crippen LogP contribution >= 0.6 is 7.60 Å². The number of carbonyl (C=O) groups is 3. The molecule has 0 aromatic heterocycles. The van der Waals surface area contributed by atoms with E-state index in [4.69, 9.17) is 30.3 Å². The van der Waals surface area contributed by atoms with Crippen LogP contribution < -0.4 is 5.32 Å². The van der Waals surface area contributed by atoms with Crippen LogP contribution in [0, 0.1) is 0 Å². The van der Waals surface area contributed by atoms with Gasteiger partial charge in [-0.05, 0) is 71.3 Å². The summed E-state index contributed by atoms with van der Waals surface area (Å²) in [5.74, 6) is -1.40. The van der Waals surface area contributed by atoms with Gasteiger partial charge in [0.05, 0.1) is 31.3 Å². The smallest absolute Gasteiger partial charge is 0.466 e. The maximum Gasteiger partial charge on any atom is 0.484 e. The second kappa shape index (κ2) is 30.4. The average Bonchev–Trinajstić information content (AvgIpc) is 2.95. The lowest BCUT2D eigenvalue weighted by molar-refractivity contribution is -0.142. The molecule has 0 aliphatic carbocycles. The minimum atomic E-state index is -3.96. The molecule has 0 radical (unpaired) electrons. The fourth-order valence-electron chi connectivity index (χ4n) is 2.17. The monoisotopic (exact) mass is 684 g/mol. The van der Waals surface area contributed by atoms with E-state index in [0.29, 0.717) is 18.7 Å². The van der Waals surface area contributed by atoms with Crippen LogP contribution in [0.1, 0.15) is 61.8 Å². The van der Waals surface area contributed by atoms with E-state index in [1.807, 2.05) is 0 Å². The van der Waals surface area contributed by atoms with Gasteiger partial charge < -0.3 is 39.6 Å². The maximum absolute atomic E-state index is 12.0. The first kappa shape index (κ1) is 48.2. The molecule has 3 N–H and O–H groups in total. The molecule has 0 aliphatic heterocycles. The predicted molar refractivity (Wildman–Crippen MR) is 166 cm³/mol. The lowest BCUT2D eigenvalue weighted by Gasteiger charge is -2.11. The van der Waals surface area contributed by atoms with E-state index in [0.717, 1.165) is 0 Å². The number of esters is 2. The zero-order chi connectivity index (χ0) is 35.9. The number of hydrogen-bond acceptors (Lipinski definition) is 12. The van der Waals surface area contributed by atoms with E-state index < -0.39 is 29.0 Å². The topological polar surface area (TPSA) is 277 Å². The third-order valence-corrected chi connectivity index (χ3v) is 6.76. The lowest BCUT2D eigenvalue weighted by Crippen LogP contribution is -2.21. The number of azide groups is 1. The number of nitrogens with one attached hydrogen (secondary N) is 1. The Morgan fingerprint density at radius 3 is 1.60 bits per heavy atom. The van der Waals surface area contributed by atoms with Crippen LogP contribution in [0.15, 0.2) is 33.7 Å². The Balaban J connectivity index is -0.000000271. The first-order chi connectivity index (χ1) is 21.1. The zero-order valence-corrected chi connectivity index (χ0v) is 28.5. The van der Waals surface area contributed by atoms with Gasteiger partial charge in [-0.3, -0.25) is 9.59 Å². The standard InChI is InChI=1S/C8H8N4O3S.C8H15N2O5P.C5H10O2.2C2H6O/c1-6(13)10-7-2-4-8(5-3-7)16(14,15)12-11-9;1-4-13-8(11)7(10-9)16(12,14-5-2)15-6-3;1-3-5(6)7-4-2;2*1-2-3/h2-5H,1H3,(H,10,13);4-6H2,1-3H3;3-4H2,1-2H3;2*3H,2H2,1H3. The fourth-order valence-corrected chi connectivity index (χ4v) is 4.24. The van der Waals surface area contributed by atoms with Crippen molar-refractivity contribution < 1.29 is 60.9 Å². The Hall–Kier alpha value is -3.66. The van der Waals surface area contributed by atoms with Gasteiger partial charge in [-0.25, -0.2) is 17.8 Å². The summed E-state index contributed by atoms with van der Waals surface area (Å²) in [6, 6.07) is 5.30. The molecule has 18 nitrogen and oxygen atoms in total. The molecule has 0 spiro atoms. The Labute approximate surface area is 263 Å². The molecule has 0 saturated heterocycles. The molecule has 0 unspecified atom stereocenters. The van der Waals surface area contributed by atoms with Crippen LogP contribution in [0.2, 0.25) is 0 Å². The molecular weight excluding hydrogens is 639 g/mol. The van der Waals surface area contributed by atoms with Crippen LogP contribution in [0.4, 0.5) is 5.69 Å². The first-order valence-corrected chi connectivity index (χ1v) is 16.5. The van der Waals surface area contributed by atoms with Crippen molar-refractivity contribution in [2.45, 2.75) is 66.7 Å². The third kappa shape index (κ3) is 25.4. The average molecular weight is 685 g/mol. The van der Waals surface area contributed by atoms with Gasteiger partial charge >= 0.3 is 25.0 Å². The van der Waals surface area contributed by atoms with E-state index in [2.05, 4.69) is 29.0 Å². The molecule has 1 aromatic rings. The normalized spacial score (nSPS) is 9.56. The van der Waals surface area contributed by atoms with Crippen molar-refractivity contribution >= 4 is 46.6 Å². The molecule has 0 fully saturated rings. The predicted octanol–water partition coefficient (Wildman–Crippen LogP) is 4.04. The van der Waals surface area contributed by atoms with Gasteiger partial charge in [-0.15, -0.1) is 4.79 Å². The molecule has 0 bridgehead atoms. The summed E-state index contributed by atoms with van der Waals surface area (Å²) in [7, 11) is -7.85. The van der Waals surface area contributed by atoms with Gasteiger partial charge in [0.1, 0.15) is 0 Å². The summed E-state index contributed by atoms with van der Waals surface area (Å²) in [5.41, 5.74) is 16.5. The minimum Gasteiger partial charge on any atom is -0.466 e. The first-order valence-electron chi connectivity index (χ1n) is 13.5. The molecule has 1 aromatic carbocycles. The number of amides is 1. The Morgan fingerprint density at radius 1 is 0.867 bits per heavy atom. The van der Waals surface area contributed by atoms with E-state index in [-0.39, 0.29) is 49.8 Å². The van der Waals surface area contributed by atoms with Gasteiger partial charge in [0.25, 0.3) is 10.0 Å². The Bertz CT molecular complexity index is 1220. The molecule has 45 heavy (non-hydrogen) atoms. The molecular formula is C25H45N6O12PS. The zero-order valence-electron chi connectivity index (χ0n) is 26.8.